The number of hydrogen-bond donors (Lipinski definition) is 0. The zero-order chi connectivity index (χ0) is 56.2. The maximum absolute atomic E-state index is 8.49. The molecule has 0 aliphatic carbocycles. The van der Waals surface area contributed by atoms with Gasteiger partial charge in [0.25, 0.3) is 0 Å². The van der Waals surface area contributed by atoms with Crippen molar-refractivity contribution < 1.29 is 66.9 Å². The van der Waals surface area contributed by atoms with Gasteiger partial charge >= 0.3 is 0 Å². The van der Waals surface area contributed by atoms with Crippen LogP contribution in [0.15, 0.2) is 255 Å². The summed E-state index contributed by atoms with van der Waals surface area (Å²) in [6.45, 7) is 2.08. The third-order valence-electron chi connectivity index (χ3n) is 13.8. The first-order valence-electron chi connectivity index (χ1n) is 26.7. The zero-order valence-electron chi connectivity index (χ0n) is 44.2. The van der Waals surface area contributed by atoms with Gasteiger partial charge in [-0.3, -0.25) is 0 Å². The highest BCUT2D eigenvalue weighted by Crippen LogP contribution is 2.45. The molecule has 80 heavy (non-hydrogen) atoms. The van der Waals surface area contributed by atoms with Crippen LogP contribution in [0.4, 0.5) is 0 Å². The van der Waals surface area contributed by atoms with E-state index in [1.165, 1.54) is 140 Å². The van der Waals surface area contributed by atoms with Crippen molar-refractivity contribution in [1.29, 1.82) is 0 Å². The molecule has 0 fully saturated rings. The molecule has 2 heterocycles. The van der Waals surface area contributed by atoms with Crippen molar-refractivity contribution in [3.8, 4) is 89.0 Å². The number of hydrogen-bond acceptors (Lipinski definition) is 8. The van der Waals surface area contributed by atoms with Gasteiger partial charge in [0, 0.05) is 37.1 Å². The van der Waals surface area contributed by atoms with Crippen molar-refractivity contribution in [3.05, 3.63) is 255 Å². The number of benzene rings is 8. The predicted molar refractivity (Wildman–Crippen MR) is 294 cm³/mol. The molecule has 8 aromatic carbocycles. The fraction of sp³-hybridized carbons (Fsp3) is 0.147. The van der Waals surface area contributed by atoms with E-state index in [2.05, 4.69) is 264 Å². The van der Waals surface area contributed by atoms with Gasteiger partial charge in [-0.25, -0.2) is 46.4 Å². The fourth-order valence-corrected chi connectivity index (χ4v) is 10.1. The van der Waals surface area contributed by atoms with E-state index >= 15 is 0 Å². The Balaban J connectivity index is 0.000000774. The molecular formula is C68H62Cl2N2O8. The van der Waals surface area contributed by atoms with Gasteiger partial charge in [0.15, 0.2) is 24.8 Å². The smallest absolute Gasteiger partial charge is 0.169 e. The first-order chi connectivity index (χ1) is 38.7. The molecular weight excluding hydrogens is 1040 g/mol. The first kappa shape index (κ1) is 58.5. The minimum Gasteiger partial charge on any atom is -0.222 e. The van der Waals surface area contributed by atoms with Gasteiger partial charge < -0.3 is 0 Å². The van der Waals surface area contributed by atoms with Gasteiger partial charge in [-0.1, -0.05) is 208 Å². The zero-order valence-corrected chi connectivity index (χ0v) is 45.7. The van der Waals surface area contributed by atoms with Crippen molar-refractivity contribution in [3.63, 3.8) is 0 Å². The molecule has 0 saturated heterocycles. The summed E-state index contributed by atoms with van der Waals surface area (Å²) in [5.41, 5.74) is 19.9. The molecule has 10 aromatic rings. The van der Waals surface area contributed by atoms with Crippen molar-refractivity contribution in [1.82, 2.24) is 0 Å². The summed E-state index contributed by atoms with van der Waals surface area (Å²) in [6, 6.07) is 83.7. The maximum Gasteiger partial charge on any atom is 0.169 e. The molecule has 10 nitrogen and oxygen atoms in total. The molecule has 0 N–H and O–H groups in total. The van der Waals surface area contributed by atoms with Crippen molar-refractivity contribution in [2.75, 3.05) is 0 Å². The predicted octanol–water partition coefficient (Wildman–Crippen LogP) is 7.91. The molecule has 0 bridgehead atoms. The van der Waals surface area contributed by atoms with Gasteiger partial charge in [-0.15, -0.1) is 20.5 Å². The third-order valence-corrected chi connectivity index (χ3v) is 13.8. The molecule has 2 aromatic heterocycles. The van der Waals surface area contributed by atoms with Gasteiger partial charge in [-0.2, -0.15) is 0 Å². The number of halogens is 2. The average molecular weight is 1110 g/mol. The fourth-order valence-electron chi connectivity index (χ4n) is 10.1. The van der Waals surface area contributed by atoms with Gasteiger partial charge in [0.05, 0.1) is 0 Å². The summed E-state index contributed by atoms with van der Waals surface area (Å²) < 4.78 is 72.7. The van der Waals surface area contributed by atoms with Crippen LogP contribution in [-0.2, 0) is 13.1 Å². The van der Waals surface area contributed by atoms with E-state index in [9.17, 15) is 0 Å². The van der Waals surface area contributed by atoms with E-state index in [0.717, 1.165) is 13.1 Å². The van der Waals surface area contributed by atoms with Crippen LogP contribution in [0.25, 0.3) is 89.0 Å². The second-order valence-electron chi connectivity index (χ2n) is 19.3. The van der Waals surface area contributed by atoms with E-state index in [4.69, 9.17) is 37.3 Å². The highest BCUT2D eigenvalue weighted by atomic mass is 35.7. The summed E-state index contributed by atoms with van der Waals surface area (Å²) in [4.78, 5) is 0. The Morgan fingerprint density at radius 3 is 0.650 bits per heavy atom. The molecule has 10 rings (SSSR count). The second-order valence-corrected chi connectivity index (χ2v) is 20.8. The Bertz CT molecular complexity index is 3070. The van der Waals surface area contributed by atoms with Crippen LogP contribution in [0.3, 0.4) is 0 Å². The summed E-state index contributed by atoms with van der Waals surface area (Å²) in [5.74, 6) is 0. The molecule has 0 radical (unpaired) electrons. The van der Waals surface area contributed by atoms with Crippen molar-refractivity contribution >= 4 is 0 Å². The van der Waals surface area contributed by atoms with Gasteiger partial charge in [0.1, 0.15) is 13.1 Å². The SMILES string of the molecule is [O-][Cl+3]([O-])([O-])[O-].[O-][Cl+3]([O-])([O-])[O-].c1ccc(-c2cc(-c3ccccc3)c(-c3cc[n+](CCCCCCCCCC[n+]4ccc(-c5c(-c6ccccc6)cc(-c6ccccc6)cc5-c5ccccc5)cc4)cc3)c(-c3ccccc3)c2)cc1. The number of rotatable bonds is 19. The van der Waals surface area contributed by atoms with Crippen LogP contribution < -0.4 is 46.4 Å². The average Bonchev–Trinajstić information content (AvgIpc) is 3.60. The van der Waals surface area contributed by atoms with Gasteiger partial charge in [0.2, 0.25) is 0 Å². The van der Waals surface area contributed by atoms with Crippen molar-refractivity contribution in [2.24, 2.45) is 0 Å². The molecule has 0 aliphatic heterocycles. The van der Waals surface area contributed by atoms with E-state index in [1.807, 2.05) is 0 Å². The number of aryl methyl sites for hydroxylation is 2. The van der Waals surface area contributed by atoms with Crippen LogP contribution in [0, 0.1) is 20.5 Å². The molecule has 0 amide bonds. The Morgan fingerprint density at radius 1 is 0.225 bits per heavy atom. The first-order valence-corrected chi connectivity index (χ1v) is 29.1. The molecule has 0 spiro atoms. The standard InChI is InChI=1S/C68H62N2.2ClHO4/c1(3-5-25-43-69-45-39-59(40-46-69)67-63(55-31-17-9-18-32-55)49-61(53-27-13-7-14-28-53)50-64(67)56-33-19-10-20-34-56)2-4-6-26-44-70-47-41-60(42-48-70)68-65(57-35-21-11-22-36-57)51-62(54-29-15-8-16-30-54)52-66(68)58-37-23-12-24-38-58;2*2-1(3,4)5/h7-24,27-42,45-52H,1-6,25-26,43-44H2;2*(H,2,3,4,5)/q+2;;/p-2. The van der Waals surface area contributed by atoms with Crippen molar-refractivity contribution in [2.45, 2.75) is 64.5 Å². The number of aromatic nitrogens is 2. The minimum absolute atomic E-state index is 1.04. The highest BCUT2D eigenvalue weighted by molar-refractivity contribution is 5.99. The molecule has 0 saturated carbocycles. The van der Waals surface area contributed by atoms with E-state index < -0.39 is 20.5 Å². The van der Waals surface area contributed by atoms with Crippen LogP contribution in [0.2, 0.25) is 0 Å². The van der Waals surface area contributed by atoms with E-state index in [-0.39, 0.29) is 0 Å². The second kappa shape index (κ2) is 29.0. The number of unbranched alkanes of at least 4 members (excludes halogenated alkanes) is 7. The normalized spacial score (nSPS) is 11.2. The molecule has 0 unspecified atom stereocenters. The summed E-state index contributed by atoms with van der Waals surface area (Å²) >= 11 is 0. The summed E-state index contributed by atoms with van der Waals surface area (Å²) in [6.07, 6.45) is 19.3. The highest BCUT2D eigenvalue weighted by Gasteiger charge is 2.20. The lowest BCUT2D eigenvalue weighted by molar-refractivity contribution is -2.00. The van der Waals surface area contributed by atoms with Crippen LogP contribution in [0.1, 0.15) is 51.4 Å². The third kappa shape index (κ3) is 17.9. The Labute approximate surface area is 473 Å². The Morgan fingerprint density at radius 2 is 0.425 bits per heavy atom. The van der Waals surface area contributed by atoms with Gasteiger partial charge in [-0.05, 0) is 126 Å². The topological polar surface area (TPSA) is 192 Å². The maximum atomic E-state index is 8.49. The molecule has 12 heteroatoms. The number of pyridine rings is 2. The molecule has 0 atom stereocenters. The Kier molecular flexibility index (Phi) is 21.2. The quantitative estimate of drug-likeness (QED) is 0.0576. The molecule has 406 valence electrons. The lowest BCUT2D eigenvalue weighted by atomic mass is 9.85. The minimum atomic E-state index is -4.94. The van der Waals surface area contributed by atoms with Crippen LogP contribution in [-0.4, -0.2) is 0 Å². The lowest BCUT2D eigenvalue weighted by Crippen LogP contribution is -2.68. The summed E-state index contributed by atoms with van der Waals surface area (Å²) in [7, 11) is -9.89. The summed E-state index contributed by atoms with van der Waals surface area (Å²) in [5, 5.41) is 0. The van der Waals surface area contributed by atoms with E-state index in [0.29, 0.717) is 0 Å². The monoisotopic (exact) mass is 1100 g/mol. The molecule has 0 aliphatic rings. The van der Waals surface area contributed by atoms with Crippen LogP contribution >= 0.6 is 0 Å². The largest absolute Gasteiger partial charge is 0.222 e. The van der Waals surface area contributed by atoms with E-state index in [1.54, 1.807) is 0 Å². The lowest BCUT2D eigenvalue weighted by Gasteiger charge is -2.19. The number of nitrogens with zero attached hydrogens (tertiary/aromatic N) is 2. The van der Waals surface area contributed by atoms with Crippen LogP contribution in [0.5, 0.6) is 0 Å². The Hall–Kier alpha value is -7.68.